The summed E-state index contributed by atoms with van der Waals surface area (Å²) in [4.78, 5) is 34.4. The number of hydrogen-bond acceptors (Lipinski definition) is 4. The first-order chi connectivity index (χ1) is 9.01. The minimum absolute atomic E-state index is 0.0723. The van der Waals surface area contributed by atoms with Gasteiger partial charge in [0, 0.05) is 6.42 Å². The highest BCUT2D eigenvalue weighted by molar-refractivity contribution is 6.11. The van der Waals surface area contributed by atoms with Crippen LogP contribution in [0, 0.1) is 0 Å². The second-order valence-electron chi connectivity index (χ2n) is 3.82. The Kier molecular flexibility index (Phi) is 5.05. The van der Waals surface area contributed by atoms with Crippen molar-refractivity contribution in [1.82, 2.24) is 5.32 Å². The zero-order valence-electron chi connectivity index (χ0n) is 10.7. The van der Waals surface area contributed by atoms with Crippen molar-refractivity contribution in [3.05, 3.63) is 29.3 Å². The van der Waals surface area contributed by atoms with Crippen LogP contribution in [0.25, 0.3) is 0 Å². The van der Waals surface area contributed by atoms with Gasteiger partial charge in [-0.3, -0.25) is 14.9 Å². The van der Waals surface area contributed by atoms with Crippen molar-refractivity contribution in [2.75, 3.05) is 7.11 Å². The molecule has 0 atom stereocenters. The zero-order valence-corrected chi connectivity index (χ0v) is 10.7. The van der Waals surface area contributed by atoms with E-state index in [1.165, 1.54) is 25.3 Å². The molecule has 2 N–H and O–H groups in total. The Labute approximate surface area is 110 Å². The number of nitrogens with one attached hydrogen (secondary N) is 1. The van der Waals surface area contributed by atoms with Gasteiger partial charge in [0.15, 0.2) is 0 Å². The largest absolute Gasteiger partial charge is 0.496 e. The van der Waals surface area contributed by atoms with Crippen LogP contribution in [0.15, 0.2) is 18.2 Å². The van der Waals surface area contributed by atoms with Crippen molar-refractivity contribution in [2.24, 2.45) is 0 Å². The number of carbonyl (C=O) groups excluding carboxylic acids is 2. The molecule has 0 aliphatic rings. The molecule has 0 bridgehead atoms. The van der Waals surface area contributed by atoms with Crippen LogP contribution < -0.4 is 10.1 Å². The van der Waals surface area contributed by atoms with E-state index in [0.29, 0.717) is 6.42 Å². The molecule has 6 heteroatoms. The quantitative estimate of drug-likeness (QED) is 0.840. The lowest BCUT2D eigenvalue weighted by molar-refractivity contribution is -0.120. The van der Waals surface area contributed by atoms with Crippen molar-refractivity contribution >= 4 is 17.8 Å². The van der Waals surface area contributed by atoms with Gasteiger partial charge in [0.1, 0.15) is 11.3 Å². The molecule has 0 heterocycles. The van der Waals surface area contributed by atoms with Crippen molar-refractivity contribution in [1.29, 1.82) is 0 Å². The van der Waals surface area contributed by atoms with E-state index in [4.69, 9.17) is 9.84 Å². The highest BCUT2D eigenvalue weighted by Gasteiger charge is 2.22. The molecule has 0 aliphatic carbocycles. The zero-order chi connectivity index (χ0) is 14.4. The fourth-order valence-electron chi connectivity index (χ4n) is 1.59. The topological polar surface area (TPSA) is 92.7 Å². The SMILES string of the molecule is CCCC(=O)NC(=O)c1cccc(OC)c1C(=O)O. The van der Waals surface area contributed by atoms with Gasteiger partial charge < -0.3 is 9.84 Å². The summed E-state index contributed by atoms with van der Waals surface area (Å²) < 4.78 is 4.90. The number of hydrogen-bond donors (Lipinski definition) is 2. The van der Waals surface area contributed by atoms with Crippen molar-refractivity contribution in [2.45, 2.75) is 19.8 Å². The molecule has 6 nitrogen and oxygen atoms in total. The van der Waals surface area contributed by atoms with Gasteiger partial charge in [-0.25, -0.2) is 4.79 Å². The van der Waals surface area contributed by atoms with Crippen molar-refractivity contribution < 1.29 is 24.2 Å². The minimum Gasteiger partial charge on any atom is -0.496 e. The van der Waals surface area contributed by atoms with E-state index < -0.39 is 17.8 Å². The predicted molar refractivity (Wildman–Crippen MR) is 67.3 cm³/mol. The summed E-state index contributed by atoms with van der Waals surface area (Å²) in [5.74, 6) is -2.39. The first kappa shape index (κ1) is 14.7. The number of imide groups is 1. The number of aromatic carboxylic acids is 1. The number of carboxylic acids is 1. The molecule has 0 aromatic heterocycles. The van der Waals surface area contributed by atoms with Gasteiger partial charge in [-0.2, -0.15) is 0 Å². The number of benzene rings is 1. The Hall–Kier alpha value is -2.37. The Bertz CT molecular complexity index is 510. The number of ether oxygens (including phenoxy) is 1. The second kappa shape index (κ2) is 6.53. The molecule has 1 aromatic rings. The third-order valence-corrected chi connectivity index (χ3v) is 2.43. The molecular formula is C13H15NO5. The van der Waals surface area contributed by atoms with E-state index in [9.17, 15) is 14.4 Å². The molecule has 0 spiro atoms. The maximum Gasteiger partial charge on any atom is 0.340 e. The van der Waals surface area contributed by atoms with Gasteiger partial charge in [-0.15, -0.1) is 0 Å². The molecule has 0 aliphatic heterocycles. The molecule has 0 saturated carbocycles. The normalized spacial score (nSPS) is 9.79. The molecule has 19 heavy (non-hydrogen) atoms. The average Bonchev–Trinajstić information content (AvgIpc) is 2.37. The Morgan fingerprint density at radius 3 is 2.53 bits per heavy atom. The number of carbonyl (C=O) groups is 3. The summed E-state index contributed by atoms with van der Waals surface area (Å²) in [5, 5.41) is 11.3. The molecule has 0 unspecified atom stereocenters. The van der Waals surface area contributed by atoms with E-state index in [1.54, 1.807) is 6.92 Å². The smallest absolute Gasteiger partial charge is 0.340 e. The Morgan fingerprint density at radius 1 is 1.32 bits per heavy atom. The lowest BCUT2D eigenvalue weighted by atomic mass is 10.1. The van der Waals surface area contributed by atoms with Crippen LogP contribution in [0.5, 0.6) is 5.75 Å². The fourth-order valence-corrected chi connectivity index (χ4v) is 1.59. The maximum absolute atomic E-state index is 11.9. The molecule has 1 rings (SSSR count). The van der Waals surface area contributed by atoms with Gasteiger partial charge in [-0.1, -0.05) is 13.0 Å². The first-order valence-corrected chi connectivity index (χ1v) is 5.75. The van der Waals surface area contributed by atoms with Crippen LogP contribution in [0.3, 0.4) is 0 Å². The first-order valence-electron chi connectivity index (χ1n) is 5.75. The molecule has 1 aromatic carbocycles. The van der Waals surface area contributed by atoms with E-state index >= 15 is 0 Å². The summed E-state index contributed by atoms with van der Waals surface area (Å²) in [6, 6.07) is 4.26. The number of carboxylic acid groups (broad SMARTS) is 1. The Morgan fingerprint density at radius 2 is 2.00 bits per heavy atom. The molecule has 0 saturated heterocycles. The molecule has 0 fully saturated rings. The maximum atomic E-state index is 11.9. The second-order valence-corrected chi connectivity index (χ2v) is 3.82. The standard InChI is InChI=1S/C13H15NO5/c1-3-5-10(15)14-12(16)8-6-4-7-9(19-2)11(8)13(17)18/h4,6-7H,3,5H2,1-2H3,(H,17,18)(H,14,15,16). The minimum atomic E-state index is -1.29. The number of amides is 2. The van der Waals surface area contributed by atoms with Crippen LogP contribution in [-0.2, 0) is 4.79 Å². The average molecular weight is 265 g/mol. The summed E-state index contributed by atoms with van der Waals surface area (Å²) in [6.07, 6.45) is 0.807. The molecular weight excluding hydrogens is 250 g/mol. The number of rotatable bonds is 5. The van der Waals surface area contributed by atoms with E-state index in [2.05, 4.69) is 5.32 Å². The third kappa shape index (κ3) is 3.54. The van der Waals surface area contributed by atoms with Gasteiger partial charge in [0.2, 0.25) is 5.91 Å². The van der Waals surface area contributed by atoms with Gasteiger partial charge in [-0.05, 0) is 18.6 Å². The predicted octanol–water partition coefficient (Wildman–Crippen LogP) is 1.45. The monoisotopic (exact) mass is 265 g/mol. The summed E-state index contributed by atoms with van der Waals surface area (Å²) in [6.45, 7) is 1.80. The van der Waals surface area contributed by atoms with Crippen molar-refractivity contribution in [3.8, 4) is 5.75 Å². The van der Waals surface area contributed by atoms with Gasteiger partial charge >= 0.3 is 5.97 Å². The van der Waals surface area contributed by atoms with Crippen LogP contribution in [0.4, 0.5) is 0 Å². The summed E-state index contributed by atoms with van der Waals surface area (Å²) in [7, 11) is 1.31. The third-order valence-electron chi connectivity index (χ3n) is 2.43. The van der Waals surface area contributed by atoms with Gasteiger partial charge in [0.25, 0.3) is 5.91 Å². The van der Waals surface area contributed by atoms with Crippen molar-refractivity contribution in [3.63, 3.8) is 0 Å². The molecule has 2 amide bonds. The van der Waals surface area contributed by atoms with E-state index in [1.807, 2.05) is 0 Å². The molecule has 102 valence electrons. The lowest BCUT2D eigenvalue weighted by Gasteiger charge is -2.10. The van der Waals surface area contributed by atoms with Crippen LogP contribution in [0.1, 0.15) is 40.5 Å². The highest BCUT2D eigenvalue weighted by Crippen LogP contribution is 2.22. The molecule has 0 radical (unpaired) electrons. The highest BCUT2D eigenvalue weighted by atomic mass is 16.5. The van der Waals surface area contributed by atoms with Crippen LogP contribution in [-0.4, -0.2) is 30.0 Å². The summed E-state index contributed by atoms with van der Waals surface area (Å²) in [5.41, 5.74) is -0.358. The van der Waals surface area contributed by atoms with E-state index in [-0.39, 0.29) is 23.3 Å². The van der Waals surface area contributed by atoms with Gasteiger partial charge in [0.05, 0.1) is 12.7 Å². The lowest BCUT2D eigenvalue weighted by Crippen LogP contribution is -2.31. The fraction of sp³-hybridized carbons (Fsp3) is 0.308. The van der Waals surface area contributed by atoms with Crippen LogP contribution >= 0.6 is 0 Å². The summed E-state index contributed by atoms with van der Waals surface area (Å²) >= 11 is 0. The Balaban J connectivity index is 3.09. The van der Waals surface area contributed by atoms with E-state index in [0.717, 1.165) is 0 Å². The van der Waals surface area contributed by atoms with Crippen LogP contribution in [0.2, 0.25) is 0 Å². The number of methoxy groups -OCH3 is 1.